The van der Waals surface area contributed by atoms with E-state index in [0.29, 0.717) is 29.6 Å². The van der Waals surface area contributed by atoms with Gasteiger partial charge in [-0.05, 0) is 85.9 Å². The van der Waals surface area contributed by atoms with E-state index in [0.717, 1.165) is 23.6 Å². The minimum Gasteiger partial charge on any atom is -0.480 e. The van der Waals surface area contributed by atoms with Crippen molar-refractivity contribution < 1.29 is 47.0 Å². The Morgan fingerprint density at radius 1 is 0.929 bits per heavy atom. The fourth-order valence-electron chi connectivity index (χ4n) is 6.41. The third-order valence-corrected chi connectivity index (χ3v) is 9.01. The van der Waals surface area contributed by atoms with Gasteiger partial charge in [0.05, 0.1) is 6.42 Å². The number of aromatic nitrogens is 4. The predicted molar refractivity (Wildman–Crippen MR) is 197 cm³/mol. The number of carbonyl (C=O) groups is 5. The molecule has 0 unspecified atom stereocenters. The van der Waals surface area contributed by atoms with Crippen molar-refractivity contribution >= 4 is 40.2 Å². The van der Waals surface area contributed by atoms with Crippen molar-refractivity contribution in [3.63, 3.8) is 0 Å². The van der Waals surface area contributed by atoms with Crippen LogP contribution >= 0.6 is 0 Å². The van der Waals surface area contributed by atoms with E-state index in [2.05, 4.69) is 26.2 Å². The van der Waals surface area contributed by atoms with Crippen LogP contribution in [0.3, 0.4) is 0 Å². The summed E-state index contributed by atoms with van der Waals surface area (Å²) in [6.07, 6.45) is 0.898. The number of hydrogen-bond donors (Lipinski definition) is 2. The first-order valence-corrected chi connectivity index (χ1v) is 18.2. The molecule has 1 fully saturated rings. The highest BCUT2D eigenvalue weighted by atomic mass is 19.1. The first-order valence-electron chi connectivity index (χ1n) is 18.2. The second-order valence-electron chi connectivity index (χ2n) is 14.3. The summed E-state index contributed by atoms with van der Waals surface area (Å²) in [4.78, 5) is 70.1. The first kappa shape index (κ1) is 41.3. The van der Waals surface area contributed by atoms with Gasteiger partial charge in [0, 0.05) is 25.6 Å². The molecular formula is C39H45F2N7O8. The second kappa shape index (κ2) is 18.7. The molecule has 3 aromatic carbocycles. The quantitative estimate of drug-likeness (QED) is 0.158. The lowest BCUT2D eigenvalue weighted by Gasteiger charge is -2.37. The number of nitrogens with one attached hydrogen (secondary N) is 2. The third kappa shape index (κ3) is 10.7. The van der Waals surface area contributed by atoms with Gasteiger partial charge in [-0.25, -0.2) is 13.5 Å². The van der Waals surface area contributed by atoms with Crippen LogP contribution in [-0.4, -0.2) is 98.6 Å². The van der Waals surface area contributed by atoms with E-state index in [9.17, 15) is 32.8 Å². The number of benzene rings is 3. The number of tetrazole rings is 1. The first-order chi connectivity index (χ1) is 26.8. The van der Waals surface area contributed by atoms with E-state index in [1.54, 1.807) is 45.0 Å². The number of para-hydroxylation sites is 1. The largest absolute Gasteiger partial charge is 0.480 e. The Bertz CT molecular complexity index is 2030. The normalized spacial score (nSPS) is 15.5. The molecule has 298 valence electrons. The molecule has 2 N–H and O–H groups in total. The fraction of sp³-hybridized carbons (Fsp3) is 0.436. The van der Waals surface area contributed by atoms with Crippen molar-refractivity contribution in [3.8, 4) is 5.75 Å². The maximum Gasteiger partial charge on any atom is 0.308 e. The lowest BCUT2D eigenvalue weighted by Crippen LogP contribution is -2.59. The summed E-state index contributed by atoms with van der Waals surface area (Å²) in [7, 11) is 1.48. The van der Waals surface area contributed by atoms with Crippen molar-refractivity contribution in [1.29, 1.82) is 0 Å². The van der Waals surface area contributed by atoms with Crippen molar-refractivity contribution in [2.75, 3.05) is 20.3 Å². The summed E-state index contributed by atoms with van der Waals surface area (Å²) in [5.74, 6) is -5.98. The molecule has 1 saturated heterocycles. The Morgan fingerprint density at radius 2 is 1.64 bits per heavy atom. The highest BCUT2D eigenvalue weighted by Gasteiger charge is 2.38. The summed E-state index contributed by atoms with van der Waals surface area (Å²) in [6.45, 7) is 4.21. The lowest BCUT2D eigenvalue weighted by atomic mass is 9.97. The molecule has 56 heavy (non-hydrogen) atoms. The van der Waals surface area contributed by atoms with Gasteiger partial charge in [0.1, 0.15) is 37.1 Å². The van der Waals surface area contributed by atoms with Crippen LogP contribution in [0, 0.1) is 11.6 Å². The molecule has 0 bridgehead atoms. The second-order valence-corrected chi connectivity index (χ2v) is 14.3. The van der Waals surface area contributed by atoms with Crippen LogP contribution in [0.25, 0.3) is 10.8 Å². The topological polar surface area (TPSA) is 184 Å². The Morgan fingerprint density at radius 3 is 2.38 bits per heavy atom. The average Bonchev–Trinajstić information content (AvgIpc) is 3.61. The number of hydrogen-bond acceptors (Lipinski definition) is 11. The monoisotopic (exact) mass is 777 g/mol. The van der Waals surface area contributed by atoms with Crippen molar-refractivity contribution in [1.82, 2.24) is 35.7 Å². The van der Waals surface area contributed by atoms with Crippen LogP contribution in [0.5, 0.6) is 5.75 Å². The van der Waals surface area contributed by atoms with Crippen LogP contribution in [0.4, 0.5) is 8.78 Å². The number of Topliss-reactive ketones (excluding diaryl/α,β-unsaturated/α-hetero) is 1. The third-order valence-electron chi connectivity index (χ3n) is 9.01. The maximum atomic E-state index is 14.5. The summed E-state index contributed by atoms with van der Waals surface area (Å²) in [5.41, 5.74) is -0.578. The van der Waals surface area contributed by atoms with Gasteiger partial charge in [-0.15, -0.1) is 5.10 Å². The molecule has 4 aromatic rings. The Labute approximate surface area is 322 Å². The van der Waals surface area contributed by atoms with E-state index in [-0.39, 0.29) is 32.5 Å². The van der Waals surface area contributed by atoms with Gasteiger partial charge in [0.2, 0.25) is 11.8 Å². The Balaban J connectivity index is 1.38. The number of esters is 1. The maximum absolute atomic E-state index is 14.5. The lowest BCUT2D eigenvalue weighted by molar-refractivity contribution is -0.157. The molecule has 0 radical (unpaired) electrons. The molecule has 1 aliphatic rings. The predicted octanol–water partition coefficient (Wildman–Crippen LogP) is 3.69. The molecule has 1 aliphatic heterocycles. The number of aryl methyl sites for hydroxylation is 1. The summed E-state index contributed by atoms with van der Waals surface area (Å²) in [6, 6.07) is 11.8. The van der Waals surface area contributed by atoms with Gasteiger partial charge in [-0.3, -0.25) is 24.0 Å². The number of amides is 3. The van der Waals surface area contributed by atoms with Crippen LogP contribution in [0.1, 0.15) is 69.1 Å². The van der Waals surface area contributed by atoms with Gasteiger partial charge in [0.25, 0.3) is 5.91 Å². The molecule has 2 heterocycles. The van der Waals surface area contributed by atoms with Crippen molar-refractivity contribution in [2.24, 2.45) is 0 Å². The molecular weight excluding hydrogens is 732 g/mol. The molecule has 0 aliphatic carbocycles. The molecule has 0 saturated carbocycles. The zero-order chi connectivity index (χ0) is 40.4. The van der Waals surface area contributed by atoms with E-state index in [1.165, 1.54) is 16.7 Å². The van der Waals surface area contributed by atoms with Crippen molar-refractivity contribution in [3.05, 3.63) is 83.7 Å². The number of ketones is 1. The van der Waals surface area contributed by atoms with Crippen LogP contribution in [-0.2, 0) is 41.8 Å². The minimum absolute atomic E-state index is 0.0496. The van der Waals surface area contributed by atoms with Gasteiger partial charge in [-0.2, -0.15) is 0 Å². The number of methoxy groups -OCH3 is 1. The van der Waals surface area contributed by atoms with Gasteiger partial charge in [-0.1, -0.05) is 42.5 Å². The highest BCUT2D eigenvalue weighted by molar-refractivity contribution is 6.08. The molecule has 0 spiro atoms. The summed E-state index contributed by atoms with van der Waals surface area (Å²) >= 11 is 0. The van der Waals surface area contributed by atoms with E-state index in [1.807, 2.05) is 18.2 Å². The number of rotatable bonds is 16. The number of likely N-dealkylation sites (tertiary alicyclic amines) is 1. The van der Waals surface area contributed by atoms with Gasteiger partial charge < -0.3 is 29.7 Å². The Hall–Kier alpha value is -5.84. The Kier molecular flexibility index (Phi) is 13.8. The van der Waals surface area contributed by atoms with E-state index < -0.39 is 83.6 Å². The number of ether oxygens (including phenoxy) is 3. The minimum atomic E-state index is -1.53. The van der Waals surface area contributed by atoms with Gasteiger partial charge in [0.15, 0.2) is 29.0 Å². The van der Waals surface area contributed by atoms with Crippen LogP contribution in [0.2, 0.25) is 0 Å². The van der Waals surface area contributed by atoms with Crippen LogP contribution in [0.15, 0.2) is 60.7 Å². The fourth-order valence-corrected chi connectivity index (χ4v) is 6.41. The number of nitrogens with zero attached hydrogens (tertiary/aromatic N) is 5. The molecule has 17 heteroatoms. The number of piperidine rings is 1. The number of halogens is 2. The van der Waals surface area contributed by atoms with Crippen molar-refractivity contribution in [2.45, 2.75) is 89.8 Å². The SMILES string of the molecule is COCn1nnnc1CC[C@H](NC(=O)c1cccc2ccccc12)C(=O)N1CCCC[C@H]1C(=O)N[C@@H](CC(=O)OC(C)(C)C)C(=O)COc1c(F)cccc1F. The summed E-state index contributed by atoms with van der Waals surface area (Å²) < 4.78 is 45.7. The molecule has 1 aromatic heterocycles. The van der Waals surface area contributed by atoms with E-state index in [4.69, 9.17) is 14.2 Å². The van der Waals surface area contributed by atoms with E-state index >= 15 is 0 Å². The summed E-state index contributed by atoms with van der Waals surface area (Å²) in [5, 5.41) is 18.6. The standard InChI is InChI=1S/C39H45F2N7O8/c1-39(2,3)56-34(50)21-30(32(49)22-55-35-27(40)15-10-16-28(35)41)43-37(52)31-17-7-8-20-47(31)38(53)29(18-19-33-44-45-46-48(33)23-54-4)42-36(51)26-14-9-12-24-11-5-6-13-25(24)26/h5-6,9-16,29-31H,7-8,17-23H2,1-4H3,(H,42,51)(H,43,52)/t29-,30-,31-/m0/s1. The number of fused-ring (bicyclic) bond motifs is 1. The van der Waals surface area contributed by atoms with Gasteiger partial charge >= 0.3 is 5.97 Å². The molecule has 15 nitrogen and oxygen atoms in total. The smallest absolute Gasteiger partial charge is 0.308 e. The number of carbonyl (C=O) groups excluding carboxylic acids is 5. The van der Waals surface area contributed by atoms with Crippen LogP contribution < -0.4 is 15.4 Å². The highest BCUT2D eigenvalue weighted by Crippen LogP contribution is 2.24. The molecule has 3 atom stereocenters. The molecule has 5 rings (SSSR count). The molecule has 3 amide bonds. The zero-order valence-corrected chi connectivity index (χ0v) is 31.6. The zero-order valence-electron chi connectivity index (χ0n) is 31.6. The average molecular weight is 778 g/mol.